The molecule has 0 saturated carbocycles. The smallest absolute Gasteiger partial charge is 0.125 e. The Bertz CT molecular complexity index is 604. The van der Waals surface area contributed by atoms with Crippen molar-refractivity contribution >= 4 is 34.5 Å². The maximum absolute atomic E-state index is 8.47. The Kier molecular flexibility index (Phi) is 5.34. The van der Waals surface area contributed by atoms with E-state index in [4.69, 9.17) is 33.6 Å². The van der Waals surface area contributed by atoms with Gasteiger partial charge in [0.15, 0.2) is 0 Å². The standard InChI is InChI=1S/C12H12Cl2N2O3S/c1-7-10(5-6-19-16(17)18)20-12(15-7)8-3-2-4-9(13)11(8)14/h2-4,17-18H,5-6H2,1H3. The van der Waals surface area contributed by atoms with E-state index < -0.39 is 0 Å². The lowest BCUT2D eigenvalue weighted by molar-refractivity contribution is -0.492. The molecule has 0 bridgehead atoms. The molecule has 1 aromatic heterocycles. The van der Waals surface area contributed by atoms with Crippen LogP contribution in [-0.2, 0) is 11.3 Å². The van der Waals surface area contributed by atoms with Crippen molar-refractivity contribution in [3.8, 4) is 10.6 Å². The largest absolute Gasteiger partial charge is 0.266 e. The summed E-state index contributed by atoms with van der Waals surface area (Å²) in [5.41, 5.74) is 1.64. The first kappa shape index (κ1) is 15.7. The van der Waals surface area contributed by atoms with E-state index in [1.54, 1.807) is 6.07 Å². The van der Waals surface area contributed by atoms with Crippen molar-refractivity contribution in [2.24, 2.45) is 0 Å². The molecule has 0 aliphatic carbocycles. The minimum absolute atomic E-state index is 0.138. The highest BCUT2D eigenvalue weighted by molar-refractivity contribution is 7.15. The summed E-state index contributed by atoms with van der Waals surface area (Å²) in [5.74, 6) is 0. The maximum Gasteiger partial charge on any atom is 0.125 e. The molecule has 0 aliphatic rings. The second-order valence-corrected chi connectivity index (χ2v) is 5.83. The van der Waals surface area contributed by atoms with Gasteiger partial charge in [-0.2, -0.15) is 0 Å². The lowest BCUT2D eigenvalue weighted by atomic mass is 10.2. The first-order valence-corrected chi connectivity index (χ1v) is 7.27. The van der Waals surface area contributed by atoms with Crippen LogP contribution < -0.4 is 0 Å². The maximum atomic E-state index is 8.47. The van der Waals surface area contributed by atoms with E-state index in [0.29, 0.717) is 16.5 Å². The van der Waals surface area contributed by atoms with Gasteiger partial charge in [-0.25, -0.2) is 4.98 Å². The summed E-state index contributed by atoms with van der Waals surface area (Å²) in [4.78, 5) is 9.98. The SMILES string of the molecule is Cc1nc(-c2cccc(Cl)c2Cl)sc1CCON(O)O. The average molecular weight is 335 g/mol. The number of aryl methyl sites for hydroxylation is 1. The monoisotopic (exact) mass is 334 g/mol. The van der Waals surface area contributed by atoms with Crippen LogP contribution in [0.2, 0.25) is 10.0 Å². The molecule has 2 rings (SSSR count). The molecule has 5 nitrogen and oxygen atoms in total. The number of hydrogen-bond acceptors (Lipinski definition) is 6. The number of halogens is 2. The van der Waals surface area contributed by atoms with Gasteiger partial charge in [-0.3, -0.25) is 15.3 Å². The molecule has 8 heteroatoms. The highest BCUT2D eigenvalue weighted by atomic mass is 35.5. The number of hydrogen-bond donors (Lipinski definition) is 2. The third-order valence-corrected chi connectivity index (χ3v) is 4.68. The summed E-state index contributed by atoms with van der Waals surface area (Å²) in [6.45, 7) is 2.02. The van der Waals surface area contributed by atoms with Crippen LogP contribution in [0.1, 0.15) is 10.6 Å². The van der Waals surface area contributed by atoms with Crippen LogP contribution in [0.4, 0.5) is 0 Å². The summed E-state index contributed by atoms with van der Waals surface area (Å²) >= 11 is 13.6. The summed E-state index contributed by atoms with van der Waals surface area (Å²) < 4.78 is 0. The third-order valence-electron chi connectivity index (χ3n) is 2.61. The molecule has 1 heterocycles. The van der Waals surface area contributed by atoms with E-state index in [1.165, 1.54) is 11.3 Å². The van der Waals surface area contributed by atoms with Crippen LogP contribution in [0.5, 0.6) is 0 Å². The molecule has 1 aromatic carbocycles. The summed E-state index contributed by atoms with van der Waals surface area (Å²) in [6, 6.07) is 5.40. The van der Waals surface area contributed by atoms with Crippen LogP contribution in [0.3, 0.4) is 0 Å². The average Bonchev–Trinajstić information content (AvgIpc) is 2.74. The Morgan fingerprint density at radius 1 is 1.35 bits per heavy atom. The molecule has 0 saturated heterocycles. The van der Waals surface area contributed by atoms with Crippen LogP contribution >= 0.6 is 34.5 Å². The predicted molar refractivity (Wildman–Crippen MR) is 77.4 cm³/mol. The van der Waals surface area contributed by atoms with Crippen LogP contribution in [0.25, 0.3) is 10.6 Å². The molecule has 0 spiro atoms. The minimum atomic E-state index is -0.300. The van der Waals surface area contributed by atoms with E-state index in [0.717, 1.165) is 21.1 Å². The van der Waals surface area contributed by atoms with Gasteiger partial charge >= 0.3 is 0 Å². The molecule has 2 aromatic rings. The van der Waals surface area contributed by atoms with Crippen molar-refractivity contribution in [2.45, 2.75) is 13.3 Å². The first-order chi connectivity index (χ1) is 9.49. The molecule has 0 unspecified atom stereocenters. The third kappa shape index (κ3) is 3.67. The Hall–Kier alpha value is -0.730. The van der Waals surface area contributed by atoms with Gasteiger partial charge in [0, 0.05) is 16.9 Å². The van der Waals surface area contributed by atoms with Crippen LogP contribution in [0.15, 0.2) is 18.2 Å². The normalized spacial score (nSPS) is 11.3. The van der Waals surface area contributed by atoms with Gasteiger partial charge in [0.05, 0.1) is 27.7 Å². The summed E-state index contributed by atoms with van der Waals surface area (Å²) in [7, 11) is 0. The molecule has 0 amide bonds. The zero-order valence-electron chi connectivity index (χ0n) is 10.5. The highest BCUT2D eigenvalue weighted by Gasteiger charge is 2.13. The van der Waals surface area contributed by atoms with E-state index in [2.05, 4.69) is 9.82 Å². The molecule has 0 radical (unpaired) electrons. The fourth-order valence-corrected chi connectivity index (χ4v) is 3.18. The van der Waals surface area contributed by atoms with Crippen molar-refractivity contribution in [2.75, 3.05) is 6.61 Å². The van der Waals surface area contributed by atoms with Gasteiger partial charge in [0.2, 0.25) is 0 Å². The number of aromatic nitrogens is 1. The van der Waals surface area contributed by atoms with Gasteiger partial charge in [0.1, 0.15) is 5.01 Å². The predicted octanol–water partition coefficient (Wildman–Crippen LogP) is 3.98. The Morgan fingerprint density at radius 3 is 2.80 bits per heavy atom. The molecule has 0 aliphatic heterocycles. The Morgan fingerprint density at radius 2 is 2.10 bits per heavy atom. The summed E-state index contributed by atoms with van der Waals surface area (Å²) in [6.07, 6.45) is 0.513. The Balaban J connectivity index is 2.20. The van der Waals surface area contributed by atoms with Crippen molar-refractivity contribution in [3.63, 3.8) is 0 Å². The second kappa shape index (κ2) is 6.82. The van der Waals surface area contributed by atoms with Crippen molar-refractivity contribution in [3.05, 3.63) is 38.8 Å². The second-order valence-electron chi connectivity index (χ2n) is 3.96. The van der Waals surface area contributed by atoms with E-state index in [-0.39, 0.29) is 12.0 Å². The summed E-state index contributed by atoms with van der Waals surface area (Å²) in [5, 5.41) is 18.4. The van der Waals surface area contributed by atoms with E-state index >= 15 is 0 Å². The molecule has 0 fully saturated rings. The molecule has 20 heavy (non-hydrogen) atoms. The van der Waals surface area contributed by atoms with Gasteiger partial charge in [0.25, 0.3) is 0 Å². The lowest BCUT2D eigenvalue weighted by Gasteiger charge is -2.04. The minimum Gasteiger partial charge on any atom is -0.266 e. The fourth-order valence-electron chi connectivity index (χ4n) is 1.66. The fraction of sp³-hybridized carbons (Fsp3) is 0.250. The van der Waals surface area contributed by atoms with E-state index in [9.17, 15) is 0 Å². The zero-order chi connectivity index (χ0) is 14.7. The lowest BCUT2D eigenvalue weighted by Crippen LogP contribution is -2.16. The number of rotatable bonds is 5. The van der Waals surface area contributed by atoms with Gasteiger partial charge in [-0.15, -0.1) is 11.3 Å². The molecular formula is C12H12Cl2N2O3S. The quantitative estimate of drug-likeness (QED) is 0.809. The van der Waals surface area contributed by atoms with Crippen LogP contribution in [0, 0.1) is 6.92 Å². The van der Waals surface area contributed by atoms with E-state index in [1.807, 2.05) is 19.1 Å². The number of thiazole rings is 1. The molecule has 2 N–H and O–H groups in total. The van der Waals surface area contributed by atoms with Crippen molar-refractivity contribution < 1.29 is 15.3 Å². The first-order valence-electron chi connectivity index (χ1n) is 5.70. The zero-order valence-corrected chi connectivity index (χ0v) is 12.8. The molecule has 108 valence electrons. The number of benzene rings is 1. The highest BCUT2D eigenvalue weighted by Crippen LogP contribution is 2.36. The molecule has 0 atom stereocenters. The van der Waals surface area contributed by atoms with Crippen LogP contribution in [-0.4, -0.2) is 27.4 Å². The van der Waals surface area contributed by atoms with Crippen molar-refractivity contribution in [1.82, 2.24) is 10.4 Å². The topological polar surface area (TPSA) is 65.8 Å². The van der Waals surface area contributed by atoms with Gasteiger partial charge in [-0.05, 0) is 13.0 Å². The van der Waals surface area contributed by atoms with Crippen molar-refractivity contribution in [1.29, 1.82) is 0 Å². The Labute approximate surface area is 129 Å². The van der Waals surface area contributed by atoms with Gasteiger partial charge in [-0.1, -0.05) is 35.3 Å². The number of nitrogens with zero attached hydrogens (tertiary/aromatic N) is 2. The van der Waals surface area contributed by atoms with Gasteiger partial charge < -0.3 is 0 Å². The molecular weight excluding hydrogens is 323 g/mol.